The Bertz CT molecular complexity index is 464. The Morgan fingerprint density at radius 1 is 1.41 bits per heavy atom. The quantitative estimate of drug-likeness (QED) is 0.738. The van der Waals surface area contributed by atoms with E-state index in [4.69, 9.17) is 0 Å². The maximum absolute atomic E-state index is 4.23. The van der Waals surface area contributed by atoms with Gasteiger partial charge in [0.1, 0.15) is 6.33 Å². The molecule has 2 N–H and O–H groups in total. The molecule has 0 aromatic carbocycles. The lowest BCUT2D eigenvalue weighted by Crippen LogP contribution is -2.18. The largest absolute Gasteiger partial charge is 0.312 e. The van der Waals surface area contributed by atoms with Gasteiger partial charge >= 0.3 is 0 Å². The molecule has 0 unspecified atom stereocenters. The van der Waals surface area contributed by atoms with Crippen LogP contribution in [0.25, 0.3) is 0 Å². The maximum atomic E-state index is 4.23. The summed E-state index contributed by atoms with van der Waals surface area (Å²) < 4.78 is 1.72. The molecule has 92 valence electrons. The number of nitrogens with one attached hydrogen (secondary N) is 2. The van der Waals surface area contributed by atoms with E-state index in [2.05, 4.69) is 25.6 Å². The summed E-state index contributed by atoms with van der Waals surface area (Å²) in [5.41, 5.74) is 3.44. The van der Waals surface area contributed by atoms with Crippen LogP contribution in [0.4, 0.5) is 0 Å². The van der Waals surface area contributed by atoms with Crippen molar-refractivity contribution in [3.8, 4) is 0 Å². The first-order chi connectivity index (χ1) is 8.16. The van der Waals surface area contributed by atoms with Gasteiger partial charge in [-0.2, -0.15) is 10.2 Å². The zero-order valence-corrected chi connectivity index (χ0v) is 10.5. The Balaban J connectivity index is 1.77. The number of H-pyrrole nitrogens is 1. The summed E-state index contributed by atoms with van der Waals surface area (Å²) in [6.45, 7) is 5.76. The Hall–Kier alpha value is -1.69. The molecule has 2 aromatic rings. The lowest BCUT2D eigenvalue weighted by molar-refractivity contribution is 0.658. The van der Waals surface area contributed by atoms with Crippen LogP contribution in [0.3, 0.4) is 0 Å². The molecule has 2 rings (SSSR count). The van der Waals surface area contributed by atoms with Crippen molar-refractivity contribution in [1.82, 2.24) is 30.3 Å². The molecule has 0 saturated heterocycles. The fourth-order valence-corrected chi connectivity index (χ4v) is 1.75. The van der Waals surface area contributed by atoms with E-state index in [-0.39, 0.29) is 0 Å². The van der Waals surface area contributed by atoms with E-state index >= 15 is 0 Å². The normalized spacial score (nSPS) is 11.0. The van der Waals surface area contributed by atoms with Gasteiger partial charge in [-0.1, -0.05) is 0 Å². The minimum Gasteiger partial charge on any atom is -0.312 e. The molecule has 0 spiro atoms. The molecular weight excluding hydrogens is 216 g/mol. The van der Waals surface area contributed by atoms with Gasteiger partial charge in [0, 0.05) is 37.8 Å². The standard InChI is InChI=1S/C11H18N6/c1-8-10(9(2)15-14-8)6-12-5-4-11-13-7-17(3)16-11/h7,12H,4-6H2,1-3H3,(H,14,15). The summed E-state index contributed by atoms with van der Waals surface area (Å²) in [4.78, 5) is 4.18. The second kappa shape index (κ2) is 5.09. The fourth-order valence-electron chi connectivity index (χ4n) is 1.75. The summed E-state index contributed by atoms with van der Waals surface area (Å²) in [6, 6.07) is 0. The molecule has 0 amide bonds. The smallest absolute Gasteiger partial charge is 0.151 e. The highest BCUT2D eigenvalue weighted by atomic mass is 15.3. The second-order valence-electron chi connectivity index (χ2n) is 4.17. The van der Waals surface area contributed by atoms with E-state index in [1.807, 2.05) is 20.9 Å². The molecular formula is C11H18N6. The summed E-state index contributed by atoms with van der Waals surface area (Å²) >= 11 is 0. The van der Waals surface area contributed by atoms with Crippen molar-refractivity contribution in [1.29, 1.82) is 0 Å². The summed E-state index contributed by atoms with van der Waals surface area (Å²) in [5, 5.41) is 14.7. The molecule has 0 fully saturated rings. The van der Waals surface area contributed by atoms with Gasteiger partial charge in [-0.25, -0.2) is 4.98 Å². The summed E-state index contributed by atoms with van der Waals surface area (Å²) in [6.07, 6.45) is 2.57. The lowest BCUT2D eigenvalue weighted by Gasteiger charge is -2.03. The molecule has 0 aliphatic heterocycles. The molecule has 0 atom stereocenters. The van der Waals surface area contributed by atoms with Crippen LogP contribution in [0, 0.1) is 13.8 Å². The predicted molar refractivity (Wildman–Crippen MR) is 64.5 cm³/mol. The Morgan fingerprint density at radius 2 is 2.24 bits per heavy atom. The molecule has 17 heavy (non-hydrogen) atoms. The average Bonchev–Trinajstić information content (AvgIpc) is 2.83. The Labute approximate surface area is 100 Å². The topological polar surface area (TPSA) is 71.4 Å². The van der Waals surface area contributed by atoms with Crippen molar-refractivity contribution in [3.63, 3.8) is 0 Å². The van der Waals surface area contributed by atoms with Gasteiger partial charge < -0.3 is 5.32 Å². The van der Waals surface area contributed by atoms with Gasteiger partial charge in [-0.05, 0) is 13.8 Å². The third kappa shape index (κ3) is 2.91. The van der Waals surface area contributed by atoms with Crippen LogP contribution in [0.15, 0.2) is 6.33 Å². The zero-order valence-electron chi connectivity index (χ0n) is 10.5. The number of nitrogens with zero attached hydrogens (tertiary/aromatic N) is 4. The van der Waals surface area contributed by atoms with E-state index in [1.165, 1.54) is 5.56 Å². The van der Waals surface area contributed by atoms with Crippen LogP contribution in [-0.4, -0.2) is 31.5 Å². The van der Waals surface area contributed by atoms with E-state index in [0.29, 0.717) is 0 Å². The number of hydrogen-bond acceptors (Lipinski definition) is 4. The second-order valence-corrected chi connectivity index (χ2v) is 4.17. The molecule has 0 aliphatic rings. The Kier molecular flexibility index (Phi) is 3.53. The van der Waals surface area contributed by atoms with E-state index < -0.39 is 0 Å². The third-order valence-corrected chi connectivity index (χ3v) is 2.75. The van der Waals surface area contributed by atoms with Crippen LogP contribution in [-0.2, 0) is 20.0 Å². The monoisotopic (exact) mass is 234 g/mol. The van der Waals surface area contributed by atoms with Crippen molar-refractivity contribution in [2.45, 2.75) is 26.8 Å². The molecule has 0 aliphatic carbocycles. The van der Waals surface area contributed by atoms with Crippen molar-refractivity contribution < 1.29 is 0 Å². The number of aromatic amines is 1. The highest BCUT2D eigenvalue weighted by Gasteiger charge is 2.05. The number of hydrogen-bond donors (Lipinski definition) is 2. The average molecular weight is 234 g/mol. The minimum absolute atomic E-state index is 0.834. The lowest BCUT2D eigenvalue weighted by atomic mass is 10.2. The third-order valence-electron chi connectivity index (χ3n) is 2.75. The van der Waals surface area contributed by atoms with Crippen molar-refractivity contribution >= 4 is 0 Å². The van der Waals surface area contributed by atoms with Crippen molar-refractivity contribution in [2.75, 3.05) is 6.54 Å². The molecule has 6 heteroatoms. The SMILES string of the molecule is Cc1n[nH]c(C)c1CNCCc1ncn(C)n1. The van der Waals surface area contributed by atoms with Gasteiger partial charge in [0.15, 0.2) is 5.82 Å². The minimum atomic E-state index is 0.834. The number of aryl methyl sites for hydroxylation is 3. The maximum Gasteiger partial charge on any atom is 0.151 e. The summed E-state index contributed by atoms with van der Waals surface area (Å²) in [5.74, 6) is 0.876. The van der Waals surface area contributed by atoms with Crippen LogP contribution < -0.4 is 5.32 Å². The highest BCUT2D eigenvalue weighted by molar-refractivity contribution is 5.22. The van der Waals surface area contributed by atoms with Crippen LogP contribution in [0.1, 0.15) is 22.8 Å². The van der Waals surface area contributed by atoms with Crippen LogP contribution in [0.5, 0.6) is 0 Å². The van der Waals surface area contributed by atoms with Crippen LogP contribution in [0.2, 0.25) is 0 Å². The highest BCUT2D eigenvalue weighted by Crippen LogP contribution is 2.08. The molecule has 2 heterocycles. The van der Waals surface area contributed by atoms with E-state index in [1.54, 1.807) is 11.0 Å². The van der Waals surface area contributed by atoms with Crippen molar-refractivity contribution in [3.05, 3.63) is 29.1 Å². The first-order valence-corrected chi connectivity index (χ1v) is 5.72. The molecule has 2 aromatic heterocycles. The van der Waals surface area contributed by atoms with E-state index in [9.17, 15) is 0 Å². The Morgan fingerprint density at radius 3 is 2.82 bits per heavy atom. The molecule has 0 bridgehead atoms. The van der Waals surface area contributed by atoms with Gasteiger partial charge in [0.05, 0.1) is 5.69 Å². The first kappa shape index (κ1) is 11.8. The van der Waals surface area contributed by atoms with E-state index in [0.717, 1.165) is 36.7 Å². The molecule has 0 saturated carbocycles. The van der Waals surface area contributed by atoms with Gasteiger partial charge in [-0.3, -0.25) is 9.78 Å². The fraction of sp³-hybridized carbons (Fsp3) is 0.545. The van der Waals surface area contributed by atoms with Crippen molar-refractivity contribution in [2.24, 2.45) is 7.05 Å². The zero-order chi connectivity index (χ0) is 12.3. The number of aromatic nitrogens is 5. The molecule has 6 nitrogen and oxygen atoms in total. The first-order valence-electron chi connectivity index (χ1n) is 5.72. The van der Waals surface area contributed by atoms with Gasteiger partial charge in [-0.15, -0.1) is 0 Å². The summed E-state index contributed by atoms with van der Waals surface area (Å²) in [7, 11) is 1.88. The van der Waals surface area contributed by atoms with Gasteiger partial charge in [0.25, 0.3) is 0 Å². The predicted octanol–water partition coefficient (Wildman–Crippen LogP) is 0.487. The van der Waals surface area contributed by atoms with Crippen LogP contribution >= 0.6 is 0 Å². The van der Waals surface area contributed by atoms with Gasteiger partial charge in [0.2, 0.25) is 0 Å². The number of rotatable bonds is 5. The molecule has 0 radical (unpaired) electrons.